The summed E-state index contributed by atoms with van der Waals surface area (Å²) in [6.45, 7) is 4.68. The van der Waals surface area contributed by atoms with E-state index in [2.05, 4.69) is 15.4 Å². The maximum absolute atomic E-state index is 12.8. The van der Waals surface area contributed by atoms with Gasteiger partial charge < -0.3 is 10.4 Å². The van der Waals surface area contributed by atoms with Crippen LogP contribution < -0.4 is 5.32 Å². The number of rotatable bonds is 10. The second-order valence-corrected chi connectivity index (χ2v) is 12.1. The standard InChI is InChI=1S/C20H23N5O5S4/c1-3-12-21-20(23-24(12)4-2)33-9-11-8-32-18-15(17(27)25(18)16(11)19(28)29)22-13(26)10-34(30)14-6-5-7-31-14/h5-7,15,18H,3-4,8-10H2,1-2H3,(H,22,26)(H,28,29)/t15?,18-,34?/m1/s1. The van der Waals surface area contributed by atoms with Crippen molar-refractivity contribution >= 4 is 63.4 Å². The van der Waals surface area contributed by atoms with Crippen molar-refractivity contribution in [2.24, 2.45) is 0 Å². The van der Waals surface area contributed by atoms with Crippen LogP contribution in [0.5, 0.6) is 0 Å². The molecule has 2 aromatic heterocycles. The number of aromatic nitrogens is 3. The van der Waals surface area contributed by atoms with Gasteiger partial charge in [-0.3, -0.25) is 18.7 Å². The average molecular weight is 542 g/mol. The van der Waals surface area contributed by atoms with Gasteiger partial charge in [0.25, 0.3) is 5.91 Å². The van der Waals surface area contributed by atoms with Crippen molar-refractivity contribution in [3.05, 3.63) is 34.6 Å². The number of carboxylic acid groups (broad SMARTS) is 1. The van der Waals surface area contributed by atoms with E-state index in [1.165, 1.54) is 39.8 Å². The number of carboxylic acids is 1. The topological polar surface area (TPSA) is 134 Å². The molecule has 0 aromatic carbocycles. The summed E-state index contributed by atoms with van der Waals surface area (Å²) in [5.41, 5.74) is 0.570. The Labute approximate surface area is 211 Å². The lowest BCUT2D eigenvalue weighted by atomic mass is 10.0. The van der Waals surface area contributed by atoms with Crippen LogP contribution in [0, 0.1) is 0 Å². The normalized spacial score (nSPS) is 20.6. The van der Waals surface area contributed by atoms with Gasteiger partial charge in [-0.2, -0.15) is 0 Å². The first-order chi connectivity index (χ1) is 16.3. The van der Waals surface area contributed by atoms with Crippen LogP contribution in [0.15, 0.2) is 38.1 Å². The van der Waals surface area contributed by atoms with E-state index in [1.54, 1.807) is 17.5 Å². The Balaban J connectivity index is 1.42. The van der Waals surface area contributed by atoms with Crippen molar-refractivity contribution in [2.75, 3.05) is 17.3 Å². The van der Waals surface area contributed by atoms with Crippen molar-refractivity contribution in [1.82, 2.24) is 25.0 Å². The van der Waals surface area contributed by atoms with Crippen molar-refractivity contribution in [3.63, 3.8) is 0 Å². The third-order valence-corrected chi connectivity index (χ3v) is 10.1. The lowest BCUT2D eigenvalue weighted by molar-refractivity contribution is -0.150. The van der Waals surface area contributed by atoms with E-state index >= 15 is 0 Å². The number of hydrogen-bond donors (Lipinski definition) is 2. The summed E-state index contributed by atoms with van der Waals surface area (Å²) < 4.78 is 14.7. The molecule has 0 bridgehead atoms. The molecule has 10 nitrogen and oxygen atoms in total. The molecule has 2 aromatic rings. The first-order valence-electron chi connectivity index (χ1n) is 10.5. The highest BCUT2D eigenvalue weighted by atomic mass is 32.2. The van der Waals surface area contributed by atoms with Gasteiger partial charge in [0.05, 0.1) is 15.0 Å². The number of thiophene rings is 1. The molecule has 0 spiro atoms. The summed E-state index contributed by atoms with van der Waals surface area (Å²) in [6.07, 6.45) is 0.748. The second kappa shape index (κ2) is 10.6. The zero-order valence-corrected chi connectivity index (χ0v) is 21.7. The summed E-state index contributed by atoms with van der Waals surface area (Å²) in [7, 11) is -1.49. The van der Waals surface area contributed by atoms with Crippen LogP contribution in [0.3, 0.4) is 0 Å². The predicted octanol–water partition coefficient (Wildman–Crippen LogP) is 1.56. The maximum atomic E-state index is 12.8. The fraction of sp³-hybridized carbons (Fsp3) is 0.450. The molecule has 34 heavy (non-hydrogen) atoms. The molecule has 2 N–H and O–H groups in total. The Kier molecular flexibility index (Phi) is 7.80. The number of nitrogens with zero attached hydrogens (tertiary/aromatic N) is 4. The molecule has 0 radical (unpaired) electrons. The molecule has 2 aliphatic heterocycles. The van der Waals surface area contributed by atoms with E-state index in [0.717, 1.165) is 12.2 Å². The lowest BCUT2D eigenvalue weighted by Crippen LogP contribution is -2.70. The number of hydrogen-bond acceptors (Lipinski definition) is 9. The van der Waals surface area contributed by atoms with Gasteiger partial charge in [0, 0.05) is 24.5 Å². The van der Waals surface area contributed by atoms with Gasteiger partial charge in [0.2, 0.25) is 11.1 Å². The minimum absolute atomic E-state index is 0.0421. The fourth-order valence-electron chi connectivity index (χ4n) is 3.67. The Morgan fingerprint density at radius 3 is 2.79 bits per heavy atom. The summed E-state index contributed by atoms with van der Waals surface area (Å²) in [4.78, 5) is 42.9. The van der Waals surface area contributed by atoms with Crippen molar-refractivity contribution in [1.29, 1.82) is 0 Å². The Bertz CT molecular complexity index is 1140. The van der Waals surface area contributed by atoms with Crippen LogP contribution in [-0.4, -0.2) is 75.4 Å². The molecule has 1 saturated heterocycles. The molecule has 182 valence electrons. The number of thioether (sulfide) groups is 2. The van der Waals surface area contributed by atoms with Gasteiger partial charge in [-0.15, -0.1) is 28.2 Å². The minimum Gasteiger partial charge on any atom is -0.477 e. The van der Waals surface area contributed by atoms with Crippen LogP contribution in [0.4, 0.5) is 0 Å². The van der Waals surface area contributed by atoms with E-state index in [0.29, 0.717) is 33.0 Å². The highest BCUT2D eigenvalue weighted by Gasteiger charge is 2.54. The van der Waals surface area contributed by atoms with Gasteiger partial charge >= 0.3 is 5.97 Å². The van der Waals surface area contributed by atoms with Crippen molar-refractivity contribution in [2.45, 2.75) is 47.6 Å². The predicted molar refractivity (Wildman–Crippen MR) is 131 cm³/mol. The number of carbonyl (C=O) groups is 3. The Morgan fingerprint density at radius 1 is 1.38 bits per heavy atom. The highest BCUT2D eigenvalue weighted by molar-refractivity contribution is 8.01. The van der Waals surface area contributed by atoms with Gasteiger partial charge in [-0.1, -0.05) is 24.8 Å². The number of carbonyl (C=O) groups excluding carboxylic acids is 2. The van der Waals surface area contributed by atoms with Crippen LogP contribution >= 0.6 is 34.9 Å². The average Bonchev–Trinajstić information content (AvgIpc) is 3.50. The fourth-order valence-corrected chi connectivity index (χ4v) is 7.93. The Morgan fingerprint density at radius 2 is 2.18 bits per heavy atom. The quantitative estimate of drug-likeness (QED) is 0.339. The number of amides is 2. The summed E-state index contributed by atoms with van der Waals surface area (Å²) in [6, 6.07) is 2.61. The highest BCUT2D eigenvalue weighted by Crippen LogP contribution is 2.41. The number of fused-ring (bicyclic) bond motifs is 1. The van der Waals surface area contributed by atoms with Crippen molar-refractivity contribution < 1.29 is 23.7 Å². The molecule has 14 heteroatoms. The Hall–Kier alpha value is -2.16. The SMILES string of the molecule is CCc1nc(SCC2=C(C(=O)O)N3C(=O)C(NC(=O)CS(=O)c4cccs4)[C@H]3SC2)nn1CC. The smallest absolute Gasteiger partial charge is 0.352 e. The van der Waals surface area contributed by atoms with Crippen LogP contribution in [0.25, 0.3) is 0 Å². The zero-order valence-electron chi connectivity index (χ0n) is 18.4. The minimum atomic E-state index is -1.49. The first-order valence-corrected chi connectivity index (χ1v) is 14.7. The van der Waals surface area contributed by atoms with E-state index in [1.807, 2.05) is 18.5 Å². The maximum Gasteiger partial charge on any atom is 0.352 e. The van der Waals surface area contributed by atoms with E-state index in [4.69, 9.17) is 0 Å². The number of aliphatic carboxylic acids is 1. The molecule has 0 aliphatic carbocycles. The van der Waals surface area contributed by atoms with Gasteiger partial charge in [-0.05, 0) is 23.9 Å². The molecule has 3 atom stereocenters. The monoisotopic (exact) mass is 541 g/mol. The van der Waals surface area contributed by atoms with Crippen LogP contribution in [0.1, 0.15) is 19.7 Å². The third-order valence-electron chi connectivity index (χ3n) is 5.27. The molecular weight excluding hydrogens is 519 g/mol. The van der Waals surface area contributed by atoms with E-state index in [-0.39, 0.29) is 11.4 Å². The van der Waals surface area contributed by atoms with Gasteiger partial charge in [0.1, 0.15) is 28.7 Å². The molecule has 2 aliphatic rings. The largest absolute Gasteiger partial charge is 0.477 e. The van der Waals surface area contributed by atoms with Crippen LogP contribution in [0.2, 0.25) is 0 Å². The van der Waals surface area contributed by atoms with Gasteiger partial charge in [-0.25, -0.2) is 14.5 Å². The second-order valence-electron chi connectivity index (χ2n) is 7.40. The first kappa shape index (κ1) is 24.9. The lowest BCUT2D eigenvalue weighted by Gasteiger charge is -2.49. The molecule has 4 rings (SSSR count). The summed E-state index contributed by atoms with van der Waals surface area (Å²) in [5.74, 6) is -0.788. The molecule has 2 unspecified atom stereocenters. The van der Waals surface area contributed by atoms with Crippen LogP contribution in [-0.2, 0) is 38.1 Å². The third kappa shape index (κ3) is 4.95. The number of β-lactam (4-membered cyclic amide) rings is 1. The van der Waals surface area contributed by atoms with E-state index in [9.17, 15) is 23.7 Å². The molecule has 0 saturated carbocycles. The number of nitrogens with one attached hydrogen (secondary N) is 1. The van der Waals surface area contributed by atoms with E-state index < -0.39 is 40.0 Å². The summed E-state index contributed by atoms with van der Waals surface area (Å²) >= 11 is 4.04. The number of aryl methyl sites for hydroxylation is 2. The molecule has 2 amide bonds. The molecule has 4 heterocycles. The van der Waals surface area contributed by atoms with Gasteiger partial charge in [0.15, 0.2) is 0 Å². The zero-order chi connectivity index (χ0) is 24.4. The molecule has 1 fully saturated rings. The summed E-state index contributed by atoms with van der Waals surface area (Å²) in [5, 5.41) is 18.7. The molecular formula is C20H23N5O5S4. The van der Waals surface area contributed by atoms with Crippen molar-refractivity contribution in [3.8, 4) is 0 Å².